The standard InChI is InChI=1S/C15H24N2O2S/c1-4-10-16-14-8-6-5-7-13(14)15(18)17-12(2)9-11-20(3)19/h5-8,12,16H,4,9-11H2,1-3H3,(H,17,18). The highest BCUT2D eigenvalue weighted by atomic mass is 32.2. The molecule has 0 aliphatic heterocycles. The SMILES string of the molecule is CCCNc1ccccc1C(=O)NC(C)CCS(C)=O. The van der Waals surface area contributed by atoms with E-state index in [1.165, 1.54) is 0 Å². The van der Waals surface area contributed by atoms with Crippen LogP contribution in [-0.4, -0.2) is 34.7 Å². The predicted octanol–water partition coefficient (Wildman–Crippen LogP) is 2.40. The number of hydrogen-bond acceptors (Lipinski definition) is 3. The molecule has 1 aromatic carbocycles. The quantitative estimate of drug-likeness (QED) is 0.774. The summed E-state index contributed by atoms with van der Waals surface area (Å²) in [6.07, 6.45) is 3.41. The van der Waals surface area contributed by atoms with E-state index in [4.69, 9.17) is 0 Å². The number of para-hydroxylation sites is 1. The Morgan fingerprint density at radius 1 is 1.35 bits per heavy atom. The van der Waals surface area contributed by atoms with Gasteiger partial charge in [0.2, 0.25) is 0 Å². The molecule has 0 heterocycles. The zero-order valence-corrected chi connectivity index (χ0v) is 13.3. The molecule has 0 aromatic heterocycles. The van der Waals surface area contributed by atoms with Crippen molar-refractivity contribution >= 4 is 22.4 Å². The minimum absolute atomic E-state index is 0.0191. The van der Waals surface area contributed by atoms with Crippen molar-refractivity contribution in [3.8, 4) is 0 Å². The van der Waals surface area contributed by atoms with Gasteiger partial charge in [-0.1, -0.05) is 19.1 Å². The highest BCUT2D eigenvalue weighted by molar-refractivity contribution is 7.84. The smallest absolute Gasteiger partial charge is 0.253 e. The van der Waals surface area contributed by atoms with E-state index < -0.39 is 10.8 Å². The molecule has 1 aromatic rings. The summed E-state index contributed by atoms with van der Waals surface area (Å²) in [5, 5.41) is 6.21. The van der Waals surface area contributed by atoms with E-state index in [0.717, 1.165) is 25.1 Å². The molecule has 0 spiro atoms. The number of carbonyl (C=O) groups is 1. The molecule has 0 aliphatic rings. The minimum Gasteiger partial charge on any atom is -0.384 e. The lowest BCUT2D eigenvalue weighted by Crippen LogP contribution is -2.34. The normalized spacial score (nSPS) is 13.6. The van der Waals surface area contributed by atoms with E-state index in [1.807, 2.05) is 31.2 Å². The van der Waals surface area contributed by atoms with Crippen LogP contribution in [-0.2, 0) is 10.8 Å². The number of benzene rings is 1. The van der Waals surface area contributed by atoms with Crippen LogP contribution in [0.15, 0.2) is 24.3 Å². The van der Waals surface area contributed by atoms with Crippen molar-refractivity contribution in [2.45, 2.75) is 32.7 Å². The summed E-state index contributed by atoms with van der Waals surface area (Å²) in [5.41, 5.74) is 1.52. The van der Waals surface area contributed by atoms with E-state index >= 15 is 0 Å². The van der Waals surface area contributed by atoms with Crippen molar-refractivity contribution in [2.24, 2.45) is 0 Å². The fourth-order valence-electron chi connectivity index (χ4n) is 1.81. The molecular formula is C15H24N2O2S. The van der Waals surface area contributed by atoms with Gasteiger partial charge in [0, 0.05) is 41.1 Å². The van der Waals surface area contributed by atoms with Crippen LogP contribution in [0.3, 0.4) is 0 Å². The van der Waals surface area contributed by atoms with Gasteiger partial charge in [0.25, 0.3) is 5.91 Å². The van der Waals surface area contributed by atoms with E-state index in [-0.39, 0.29) is 11.9 Å². The van der Waals surface area contributed by atoms with Gasteiger partial charge < -0.3 is 10.6 Å². The summed E-state index contributed by atoms with van der Waals surface area (Å²) >= 11 is 0. The summed E-state index contributed by atoms with van der Waals surface area (Å²) in [5.74, 6) is 0.524. The van der Waals surface area contributed by atoms with Crippen LogP contribution < -0.4 is 10.6 Å². The molecule has 0 bridgehead atoms. The summed E-state index contributed by atoms with van der Waals surface area (Å²) < 4.78 is 11.1. The van der Waals surface area contributed by atoms with Crippen LogP contribution in [0.25, 0.3) is 0 Å². The molecule has 0 saturated carbocycles. The van der Waals surface area contributed by atoms with E-state index in [2.05, 4.69) is 17.6 Å². The Morgan fingerprint density at radius 3 is 2.70 bits per heavy atom. The molecule has 2 unspecified atom stereocenters. The third-order valence-electron chi connectivity index (χ3n) is 2.95. The minimum atomic E-state index is -0.818. The van der Waals surface area contributed by atoms with Gasteiger partial charge in [-0.05, 0) is 31.9 Å². The average Bonchev–Trinajstić information content (AvgIpc) is 2.43. The Balaban J connectivity index is 2.64. The lowest BCUT2D eigenvalue weighted by Gasteiger charge is -2.15. The predicted molar refractivity (Wildman–Crippen MR) is 85.7 cm³/mol. The number of nitrogens with one attached hydrogen (secondary N) is 2. The molecule has 5 heteroatoms. The van der Waals surface area contributed by atoms with E-state index in [9.17, 15) is 9.00 Å². The highest BCUT2D eigenvalue weighted by Gasteiger charge is 2.13. The number of anilines is 1. The zero-order chi connectivity index (χ0) is 15.0. The molecule has 0 radical (unpaired) electrons. The number of carbonyl (C=O) groups excluding carboxylic acids is 1. The van der Waals surface area contributed by atoms with Crippen molar-refractivity contribution in [1.82, 2.24) is 5.32 Å². The molecule has 4 nitrogen and oxygen atoms in total. The van der Waals surface area contributed by atoms with Gasteiger partial charge >= 0.3 is 0 Å². The monoisotopic (exact) mass is 296 g/mol. The maximum atomic E-state index is 12.3. The first kappa shape index (κ1) is 16.7. The van der Waals surface area contributed by atoms with Gasteiger partial charge in [-0.3, -0.25) is 9.00 Å². The lowest BCUT2D eigenvalue weighted by atomic mass is 10.1. The molecule has 2 atom stereocenters. The fourth-order valence-corrected chi connectivity index (χ4v) is 2.50. The molecule has 0 saturated heterocycles. The lowest BCUT2D eigenvalue weighted by molar-refractivity contribution is 0.0940. The Bertz CT molecular complexity index is 463. The van der Waals surface area contributed by atoms with Gasteiger partial charge in [0.15, 0.2) is 0 Å². The zero-order valence-electron chi connectivity index (χ0n) is 12.4. The maximum absolute atomic E-state index is 12.3. The first-order valence-electron chi connectivity index (χ1n) is 6.98. The Labute approximate surface area is 123 Å². The third kappa shape index (κ3) is 5.74. The second-order valence-electron chi connectivity index (χ2n) is 4.91. The van der Waals surface area contributed by atoms with Gasteiger partial charge in [-0.15, -0.1) is 0 Å². The van der Waals surface area contributed by atoms with E-state index in [0.29, 0.717) is 11.3 Å². The fraction of sp³-hybridized carbons (Fsp3) is 0.533. The van der Waals surface area contributed by atoms with Crippen molar-refractivity contribution in [2.75, 3.05) is 23.9 Å². The molecule has 20 heavy (non-hydrogen) atoms. The first-order valence-corrected chi connectivity index (χ1v) is 8.71. The molecule has 0 aliphatic carbocycles. The second-order valence-corrected chi connectivity index (χ2v) is 6.47. The highest BCUT2D eigenvalue weighted by Crippen LogP contribution is 2.15. The number of amides is 1. The van der Waals surface area contributed by atoms with Crippen LogP contribution >= 0.6 is 0 Å². The van der Waals surface area contributed by atoms with Crippen LogP contribution in [0.2, 0.25) is 0 Å². The van der Waals surface area contributed by atoms with Crippen LogP contribution in [0.1, 0.15) is 37.0 Å². The molecule has 1 amide bonds. The van der Waals surface area contributed by atoms with Crippen LogP contribution in [0.4, 0.5) is 5.69 Å². The molecular weight excluding hydrogens is 272 g/mol. The van der Waals surface area contributed by atoms with Crippen LogP contribution in [0.5, 0.6) is 0 Å². The van der Waals surface area contributed by atoms with Gasteiger partial charge in [0.1, 0.15) is 0 Å². The van der Waals surface area contributed by atoms with Crippen molar-refractivity contribution in [3.05, 3.63) is 29.8 Å². The second kappa shape index (κ2) is 8.74. The van der Waals surface area contributed by atoms with E-state index in [1.54, 1.807) is 6.26 Å². The Hall–Kier alpha value is -1.36. The van der Waals surface area contributed by atoms with Crippen molar-refractivity contribution < 1.29 is 9.00 Å². The van der Waals surface area contributed by atoms with Gasteiger partial charge in [-0.2, -0.15) is 0 Å². The van der Waals surface area contributed by atoms with Gasteiger partial charge in [-0.25, -0.2) is 0 Å². The topological polar surface area (TPSA) is 58.2 Å². The Morgan fingerprint density at radius 2 is 2.05 bits per heavy atom. The maximum Gasteiger partial charge on any atom is 0.253 e. The number of rotatable bonds is 8. The van der Waals surface area contributed by atoms with Crippen LogP contribution in [0, 0.1) is 0 Å². The third-order valence-corrected chi connectivity index (χ3v) is 3.76. The molecule has 0 fully saturated rings. The summed E-state index contributed by atoms with van der Waals surface area (Å²) in [6, 6.07) is 7.52. The summed E-state index contributed by atoms with van der Waals surface area (Å²) in [4.78, 5) is 12.3. The van der Waals surface area contributed by atoms with Crippen molar-refractivity contribution in [1.29, 1.82) is 0 Å². The average molecular weight is 296 g/mol. The number of hydrogen-bond donors (Lipinski definition) is 2. The van der Waals surface area contributed by atoms with Gasteiger partial charge in [0.05, 0.1) is 5.56 Å². The largest absolute Gasteiger partial charge is 0.384 e. The molecule has 1 rings (SSSR count). The summed E-state index contributed by atoms with van der Waals surface area (Å²) in [7, 11) is -0.818. The molecule has 2 N–H and O–H groups in total. The van der Waals surface area contributed by atoms with Crippen molar-refractivity contribution in [3.63, 3.8) is 0 Å². The summed E-state index contributed by atoms with van der Waals surface area (Å²) in [6.45, 7) is 4.87. The first-order chi connectivity index (χ1) is 9.54. The Kier molecular flexibility index (Phi) is 7.30. The molecule has 112 valence electrons.